The summed E-state index contributed by atoms with van der Waals surface area (Å²) in [5, 5.41) is 6.19. The Morgan fingerprint density at radius 3 is 2.42 bits per heavy atom. The van der Waals surface area contributed by atoms with Gasteiger partial charge in [-0.3, -0.25) is 14.5 Å². The first kappa shape index (κ1) is 17.7. The van der Waals surface area contributed by atoms with Crippen molar-refractivity contribution in [2.24, 2.45) is 0 Å². The number of carbonyl (C=O) groups excluding carboxylic acids is 1. The van der Waals surface area contributed by atoms with E-state index in [1.54, 1.807) is 24.4 Å². The molecule has 0 saturated heterocycles. The molecule has 5 nitrogen and oxygen atoms in total. The summed E-state index contributed by atoms with van der Waals surface area (Å²) in [5.74, 6) is -0.471. The van der Waals surface area contributed by atoms with E-state index >= 15 is 0 Å². The number of hydrogen-bond acceptors (Lipinski definition) is 3. The standard InChI is InChI=1S/C18H15F3N4O/c19-18(20,21)15-9-11-25(24-15)12-16(26)23-17(13-6-2-1-3-7-13)14-8-4-5-10-22-14/h1-11,17H,12H2,(H,23,26). The summed E-state index contributed by atoms with van der Waals surface area (Å²) in [6.07, 6.45) is -1.80. The molecule has 0 fully saturated rings. The van der Waals surface area contributed by atoms with Crippen molar-refractivity contribution in [1.82, 2.24) is 20.1 Å². The second-order valence-corrected chi connectivity index (χ2v) is 5.56. The van der Waals surface area contributed by atoms with Gasteiger partial charge in [0.25, 0.3) is 0 Å². The molecule has 0 bridgehead atoms. The van der Waals surface area contributed by atoms with Gasteiger partial charge >= 0.3 is 6.18 Å². The van der Waals surface area contributed by atoms with Crippen molar-refractivity contribution in [3.63, 3.8) is 0 Å². The first-order valence-corrected chi connectivity index (χ1v) is 7.79. The average Bonchev–Trinajstić information content (AvgIpc) is 3.10. The second-order valence-electron chi connectivity index (χ2n) is 5.56. The van der Waals surface area contributed by atoms with Crippen LogP contribution in [-0.2, 0) is 17.5 Å². The smallest absolute Gasteiger partial charge is 0.342 e. The van der Waals surface area contributed by atoms with Crippen LogP contribution in [0.15, 0.2) is 67.0 Å². The van der Waals surface area contributed by atoms with Crippen LogP contribution < -0.4 is 5.32 Å². The second kappa shape index (κ2) is 7.38. The van der Waals surface area contributed by atoms with Crippen LogP contribution in [0, 0.1) is 0 Å². The number of rotatable bonds is 5. The average molecular weight is 360 g/mol. The molecule has 1 unspecified atom stereocenters. The van der Waals surface area contributed by atoms with E-state index in [-0.39, 0.29) is 6.54 Å². The number of nitrogens with zero attached hydrogens (tertiary/aromatic N) is 3. The van der Waals surface area contributed by atoms with Gasteiger partial charge in [-0.15, -0.1) is 0 Å². The molecule has 3 aromatic rings. The van der Waals surface area contributed by atoms with E-state index in [0.717, 1.165) is 22.5 Å². The normalized spacial score (nSPS) is 12.6. The molecule has 0 spiro atoms. The summed E-state index contributed by atoms with van der Waals surface area (Å²) in [7, 11) is 0. The van der Waals surface area contributed by atoms with E-state index in [2.05, 4.69) is 15.4 Å². The quantitative estimate of drug-likeness (QED) is 0.760. The van der Waals surface area contributed by atoms with E-state index < -0.39 is 23.8 Å². The van der Waals surface area contributed by atoms with E-state index in [4.69, 9.17) is 0 Å². The highest BCUT2D eigenvalue weighted by molar-refractivity contribution is 5.76. The lowest BCUT2D eigenvalue weighted by atomic mass is 10.0. The molecule has 3 rings (SSSR count). The zero-order valence-corrected chi connectivity index (χ0v) is 13.5. The predicted molar refractivity (Wildman–Crippen MR) is 87.9 cm³/mol. The molecule has 1 aromatic carbocycles. The molecule has 0 aliphatic rings. The number of pyridine rings is 1. The predicted octanol–water partition coefficient (Wildman–Crippen LogP) is 3.20. The number of carbonyl (C=O) groups is 1. The summed E-state index contributed by atoms with van der Waals surface area (Å²) in [6.45, 7) is -0.327. The van der Waals surface area contributed by atoms with Gasteiger partial charge in [0.1, 0.15) is 6.54 Å². The fraction of sp³-hybridized carbons (Fsp3) is 0.167. The van der Waals surface area contributed by atoms with E-state index in [1.165, 1.54) is 0 Å². The largest absolute Gasteiger partial charge is 0.435 e. The Balaban J connectivity index is 1.77. The van der Waals surface area contributed by atoms with Gasteiger partial charge in [0.2, 0.25) is 5.91 Å². The summed E-state index contributed by atoms with van der Waals surface area (Å²) in [6, 6.07) is 14.9. The van der Waals surface area contributed by atoms with Crippen molar-refractivity contribution in [3.05, 3.63) is 83.9 Å². The highest BCUT2D eigenvalue weighted by Crippen LogP contribution is 2.27. The molecular formula is C18H15F3N4O. The monoisotopic (exact) mass is 360 g/mol. The minimum atomic E-state index is -4.54. The summed E-state index contributed by atoms with van der Waals surface area (Å²) < 4.78 is 38.8. The lowest BCUT2D eigenvalue weighted by Gasteiger charge is -2.19. The first-order chi connectivity index (χ1) is 12.4. The van der Waals surface area contributed by atoms with Crippen molar-refractivity contribution in [2.45, 2.75) is 18.8 Å². The van der Waals surface area contributed by atoms with Gasteiger partial charge < -0.3 is 5.32 Å². The summed E-state index contributed by atoms with van der Waals surface area (Å²) >= 11 is 0. The van der Waals surface area contributed by atoms with Gasteiger partial charge in [0.05, 0.1) is 11.7 Å². The number of amides is 1. The number of benzene rings is 1. The van der Waals surface area contributed by atoms with Crippen LogP contribution in [0.3, 0.4) is 0 Å². The van der Waals surface area contributed by atoms with Crippen LogP contribution in [0.5, 0.6) is 0 Å². The van der Waals surface area contributed by atoms with Crippen molar-refractivity contribution in [2.75, 3.05) is 0 Å². The molecular weight excluding hydrogens is 345 g/mol. The fourth-order valence-corrected chi connectivity index (χ4v) is 2.47. The minimum absolute atomic E-state index is 0.327. The summed E-state index contributed by atoms with van der Waals surface area (Å²) in [4.78, 5) is 16.6. The third kappa shape index (κ3) is 4.27. The Labute approximate surface area is 147 Å². The number of aromatic nitrogens is 3. The zero-order valence-electron chi connectivity index (χ0n) is 13.5. The molecule has 1 amide bonds. The molecule has 0 aliphatic heterocycles. The maximum Gasteiger partial charge on any atom is 0.435 e. The van der Waals surface area contributed by atoms with Crippen LogP contribution in [0.25, 0.3) is 0 Å². The SMILES string of the molecule is O=C(Cn1ccc(C(F)(F)F)n1)NC(c1ccccc1)c1ccccn1. The van der Waals surface area contributed by atoms with Gasteiger partial charge in [-0.25, -0.2) is 0 Å². The molecule has 26 heavy (non-hydrogen) atoms. The van der Waals surface area contributed by atoms with Gasteiger partial charge in [0.15, 0.2) is 5.69 Å². The van der Waals surface area contributed by atoms with E-state index in [1.807, 2.05) is 30.3 Å². The topological polar surface area (TPSA) is 59.8 Å². The number of nitrogens with one attached hydrogen (secondary N) is 1. The molecule has 0 radical (unpaired) electrons. The van der Waals surface area contributed by atoms with Gasteiger partial charge in [-0.2, -0.15) is 18.3 Å². The molecule has 134 valence electrons. The van der Waals surface area contributed by atoms with E-state index in [0.29, 0.717) is 5.69 Å². The van der Waals surface area contributed by atoms with Crippen LogP contribution in [0.1, 0.15) is 23.0 Å². The zero-order chi connectivity index (χ0) is 18.6. The Bertz CT molecular complexity index is 823. The van der Waals surface area contributed by atoms with Gasteiger partial charge in [-0.05, 0) is 23.8 Å². The third-order valence-corrected chi connectivity index (χ3v) is 3.66. The lowest BCUT2D eigenvalue weighted by Crippen LogP contribution is -2.32. The van der Waals surface area contributed by atoms with Crippen molar-refractivity contribution in [3.8, 4) is 0 Å². The molecule has 2 heterocycles. The Hall–Kier alpha value is -3.16. The molecule has 0 aliphatic carbocycles. The lowest BCUT2D eigenvalue weighted by molar-refractivity contribution is -0.141. The summed E-state index contributed by atoms with van der Waals surface area (Å²) in [5.41, 5.74) is 0.411. The van der Waals surface area contributed by atoms with Crippen molar-refractivity contribution in [1.29, 1.82) is 0 Å². The van der Waals surface area contributed by atoms with Gasteiger partial charge in [0, 0.05) is 12.4 Å². The highest BCUT2D eigenvalue weighted by Gasteiger charge is 2.33. The molecule has 8 heteroatoms. The fourth-order valence-electron chi connectivity index (χ4n) is 2.47. The Kier molecular flexibility index (Phi) is 5.01. The number of halogens is 3. The maximum atomic E-state index is 12.6. The van der Waals surface area contributed by atoms with Crippen LogP contribution in [0.2, 0.25) is 0 Å². The highest BCUT2D eigenvalue weighted by atomic mass is 19.4. The van der Waals surface area contributed by atoms with Crippen LogP contribution in [-0.4, -0.2) is 20.7 Å². The van der Waals surface area contributed by atoms with Crippen LogP contribution in [0.4, 0.5) is 13.2 Å². The van der Waals surface area contributed by atoms with Gasteiger partial charge in [-0.1, -0.05) is 36.4 Å². The number of alkyl halides is 3. The van der Waals surface area contributed by atoms with E-state index in [9.17, 15) is 18.0 Å². The first-order valence-electron chi connectivity index (χ1n) is 7.79. The molecule has 0 saturated carbocycles. The van der Waals surface area contributed by atoms with Crippen molar-refractivity contribution < 1.29 is 18.0 Å². The molecule has 1 atom stereocenters. The maximum absolute atomic E-state index is 12.6. The molecule has 2 aromatic heterocycles. The Morgan fingerprint density at radius 2 is 1.81 bits per heavy atom. The molecule has 1 N–H and O–H groups in total. The Morgan fingerprint density at radius 1 is 1.08 bits per heavy atom. The minimum Gasteiger partial charge on any atom is -0.342 e. The number of hydrogen-bond donors (Lipinski definition) is 1. The third-order valence-electron chi connectivity index (χ3n) is 3.66. The van der Waals surface area contributed by atoms with Crippen molar-refractivity contribution >= 4 is 5.91 Å². The van der Waals surface area contributed by atoms with Crippen LogP contribution >= 0.6 is 0 Å².